The van der Waals surface area contributed by atoms with E-state index >= 15 is 0 Å². The molecule has 0 aliphatic rings. The summed E-state index contributed by atoms with van der Waals surface area (Å²) in [7, 11) is 0. The van der Waals surface area contributed by atoms with Gasteiger partial charge in [0.15, 0.2) is 0 Å². The number of hydrogen-bond acceptors (Lipinski definition) is 1. The average molecular weight is 200 g/mol. The highest BCUT2D eigenvalue weighted by Crippen LogP contribution is 2.32. The van der Waals surface area contributed by atoms with Crippen molar-refractivity contribution in [2.75, 3.05) is 0 Å². The van der Waals surface area contributed by atoms with Crippen LogP contribution in [0, 0.1) is 5.41 Å². The first-order valence-corrected chi connectivity index (χ1v) is 6.28. The Bertz CT molecular complexity index is 127. The number of hydrogen-bond donors (Lipinski definition) is 1. The van der Waals surface area contributed by atoms with Crippen molar-refractivity contribution < 1.29 is 5.11 Å². The molecule has 0 fully saturated rings. The Kier molecular flexibility index (Phi) is 7.26. The first-order chi connectivity index (χ1) is 6.60. The van der Waals surface area contributed by atoms with E-state index in [4.69, 9.17) is 0 Å². The molecule has 0 aromatic carbocycles. The fourth-order valence-corrected chi connectivity index (χ4v) is 1.83. The van der Waals surface area contributed by atoms with Crippen molar-refractivity contribution >= 4 is 0 Å². The largest absolute Gasteiger partial charge is 0.393 e. The third kappa shape index (κ3) is 4.45. The SMILES string of the molecule is CCCCCCC(O)C(C)(CC)CC. The summed E-state index contributed by atoms with van der Waals surface area (Å²) in [4.78, 5) is 0. The Labute approximate surface area is 89.9 Å². The van der Waals surface area contributed by atoms with Crippen molar-refractivity contribution in [1.29, 1.82) is 0 Å². The summed E-state index contributed by atoms with van der Waals surface area (Å²) in [6.07, 6.45) is 8.09. The van der Waals surface area contributed by atoms with Crippen molar-refractivity contribution in [3.8, 4) is 0 Å². The maximum absolute atomic E-state index is 10.1. The Balaban J connectivity index is 3.75. The van der Waals surface area contributed by atoms with Crippen LogP contribution >= 0.6 is 0 Å². The van der Waals surface area contributed by atoms with Gasteiger partial charge in [-0.15, -0.1) is 0 Å². The standard InChI is InChI=1S/C13H28O/c1-5-8-9-10-11-12(14)13(4,6-2)7-3/h12,14H,5-11H2,1-4H3. The van der Waals surface area contributed by atoms with Crippen LogP contribution < -0.4 is 0 Å². The molecular weight excluding hydrogens is 172 g/mol. The summed E-state index contributed by atoms with van der Waals surface area (Å²) in [5, 5.41) is 10.1. The van der Waals surface area contributed by atoms with E-state index in [0.717, 1.165) is 19.3 Å². The van der Waals surface area contributed by atoms with Crippen LogP contribution in [0.2, 0.25) is 0 Å². The zero-order valence-electron chi connectivity index (χ0n) is 10.5. The Morgan fingerprint density at radius 3 is 2.00 bits per heavy atom. The van der Waals surface area contributed by atoms with Crippen LogP contribution in [0.3, 0.4) is 0 Å². The first-order valence-electron chi connectivity index (χ1n) is 6.28. The third-order valence-electron chi connectivity index (χ3n) is 3.75. The Hall–Kier alpha value is -0.0400. The van der Waals surface area contributed by atoms with Crippen LogP contribution in [-0.2, 0) is 0 Å². The van der Waals surface area contributed by atoms with E-state index < -0.39 is 0 Å². The maximum atomic E-state index is 10.1. The molecular formula is C13H28O. The van der Waals surface area contributed by atoms with Gasteiger partial charge in [-0.1, -0.05) is 53.4 Å². The van der Waals surface area contributed by atoms with E-state index in [2.05, 4.69) is 27.7 Å². The van der Waals surface area contributed by atoms with Crippen LogP contribution in [-0.4, -0.2) is 11.2 Å². The lowest BCUT2D eigenvalue weighted by Crippen LogP contribution is -2.31. The van der Waals surface area contributed by atoms with Crippen LogP contribution in [0.1, 0.15) is 72.6 Å². The van der Waals surface area contributed by atoms with Gasteiger partial charge in [0.2, 0.25) is 0 Å². The highest BCUT2D eigenvalue weighted by atomic mass is 16.3. The van der Waals surface area contributed by atoms with Crippen molar-refractivity contribution in [3.05, 3.63) is 0 Å². The third-order valence-corrected chi connectivity index (χ3v) is 3.75. The Morgan fingerprint density at radius 1 is 1.00 bits per heavy atom. The minimum absolute atomic E-state index is 0.102. The lowest BCUT2D eigenvalue weighted by atomic mass is 9.77. The summed E-state index contributed by atoms with van der Waals surface area (Å²) in [5.41, 5.74) is 0.145. The molecule has 0 aliphatic carbocycles. The van der Waals surface area contributed by atoms with Gasteiger partial charge in [0, 0.05) is 0 Å². The monoisotopic (exact) mass is 200 g/mol. The fraction of sp³-hybridized carbons (Fsp3) is 1.00. The quantitative estimate of drug-likeness (QED) is 0.584. The molecule has 0 saturated carbocycles. The molecule has 1 N–H and O–H groups in total. The molecule has 0 radical (unpaired) electrons. The Morgan fingerprint density at radius 2 is 1.57 bits per heavy atom. The highest BCUT2D eigenvalue weighted by molar-refractivity contribution is 4.79. The zero-order chi connectivity index (χ0) is 11.0. The number of unbranched alkanes of at least 4 members (excludes halogenated alkanes) is 3. The summed E-state index contributed by atoms with van der Waals surface area (Å²) < 4.78 is 0. The van der Waals surface area contributed by atoms with Crippen molar-refractivity contribution in [3.63, 3.8) is 0 Å². The van der Waals surface area contributed by atoms with E-state index in [1.807, 2.05) is 0 Å². The summed E-state index contributed by atoms with van der Waals surface area (Å²) in [6.45, 7) is 8.79. The lowest BCUT2D eigenvalue weighted by molar-refractivity contribution is 0.0228. The van der Waals surface area contributed by atoms with E-state index in [1.165, 1.54) is 25.7 Å². The van der Waals surface area contributed by atoms with E-state index in [9.17, 15) is 5.11 Å². The van der Waals surface area contributed by atoms with Gasteiger partial charge in [0.05, 0.1) is 6.10 Å². The maximum Gasteiger partial charge on any atom is 0.0593 e. The molecule has 0 saturated heterocycles. The molecule has 0 spiro atoms. The fourth-order valence-electron chi connectivity index (χ4n) is 1.83. The summed E-state index contributed by atoms with van der Waals surface area (Å²) >= 11 is 0. The van der Waals surface area contributed by atoms with Crippen LogP contribution in [0.5, 0.6) is 0 Å². The second-order valence-corrected chi connectivity index (χ2v) is 4.73. The van der Waals surface area contributed by atoms with Crippen molar-refractivity contribution in [2.45, 2.75) is 78.7 Å². The van der Waals surface area contributed by atoms with Gasteiger partial charge in [0.1, 0.15) is 0 Å². The normalized spacial score (nSPS) is 14.4. The highest BCUT2D eigenvalue weighted by Gasteiger charge is 2.28. The molecule has 0 aliphatic heterocycles. The van der Waals surface area contributed by atoms with Crippen molar-refractivity contribution in [1.82, 2.24) is 0 Å². The summed E-state index contributed by atoms with van der Waals surface area (Å²) in [6, 6.07) is 0. The minimum atomic E-state index is -0.102. The van der Waals surface area contributed by atoms with Crippen LogP contribution in [0.4, 0.5) is 0 Å². The molecule has 1 nitrogen and oxygen atoms in total. The van der Waals surface area contributed by atoms with Gasteiger partial charge in [-0.2, -0.15) is 0 Å². The lowest BCUT2D eigenvalue weighted by Gasteiger charge is -2.32. The molecule has 1 atom stereocenters. The predicted octanol–water partition coefficient (Wildman–Crippen LogP) is 4.14. The smallest absolute Gasteiger partial charge is 0.0593 e. The van der Waals surface area contributed by atoms with Crippen LogP contribution in [0.25, 0.3) is 0 Å². The molecule has 0 heterocycles. The van der Waals surface area contributed by atoms with Crippen LogP contribution in [0.15, 0.2) is 0 Å². The van der Waals surface area contributed by atoms with Gasteiger partial charge in [-0.3, -0.25) is 0 Å². The zero-order valence-corrected chi connectivity index (χ0v) is 10.5. The van der Waals surface area contributed by atoms with Gasteiger partial charge in [-0.05, 0) is 24.7 Å². The molecule has 0 amide bonds. The molecule has 86 valence electrons. The van der Waals surface area contributed by atoms with Gasteiger partial charge in [-0.25, -0.2) is 0 Å². The summed E-state index contributed by atoms with van der Waals surface area (Å²) in [5.74, 6) is 0. The molecule has 1 unspecified atom stereocenters. The van der Waals surface area contributed by atoms with Crippen molar-refractivity contribution in [2.24, 2.45) is 5.41 Å². The predicted molar refractivity (Wildman–Crippen MR) is 63.5 cm³/mol. The molecule has 0 aromatic heterocycles. The second-order valence-electron chi connectivity index (χ2n) is 4.73. The van der Waals surface area contributed by atoms with E-state index in [0.29, 0.717) is 0 Å². The number of rotatable bonds is 8. The average Bonchev–Trinajstić information content (AvgIpc) is 2.22. The van der Waals surface area contributed by atoms with E-state index in [-0.39, 0.29) is 11.5 Å². The topological polar surface area (TPSA) is 20.2 Å². The number of aliphatic hydroxyl groups excluding tert-OH is 1. The van der Waals surface area contributed by atoms with Gasteiger partial charge >= 0.3 is 0 Å². The van der Waals surface area contributed by atoms with Gasteiger partial charge < -0.3 is 5.11 Å². The van der Waals surface area contributed by atoms with E-state index in [1.54, 1.807) is 0 Å². The molecule has 0 aromatic rings. The molecule has 0 rings (SSSR count). The first kappa shape index (κ1) is 14.0. The van der Waals surface area contributed by atoms with Gasteiger partial charge in [0.25, 0.3) is 0 Å². The second kappa shape index (κ2) is 7.28. The molecule has 1 heteroatoms. The molecule has 0 bridgehead atoms. The molecule has 14 heavy (non-hydrogen) atoms. The minimum Gasteiger partial charge on any atom is -0.393 e. The number of aliphatic hydroxyl groups is 1.